The largest absolute Gasteiger partial charge is 0.341 e. The lowest BCUT2D eigenvalue weighted by Crippen LogP contribution is -2.38. The van der Waals surface area contributed by atoms with Crippen molar-refractivity contribution in [2.45, 2.75) is 50.2 Å². The standard InChI is InChI=1S/C23H30N4O2S/c1-16-5-3-7-18(9-16)12-26-13-20-21(14-26)30(28,29)15-19-10-24-23(25-22(19)20)27-8-4-6-17(2)11-27/h3,5,7,9-10,17,20-21H,4,6,8,11-15H2,1-2H3/t17-,20+,21-/m1/s1. The van der Waals surface area contributed by atoms with E-state index in [1.807, 2.05) is 0 Å². The van der Waals surface area contributed by atoms with E-state index in [0.29, 0.717) is 12.5 Å². The molecule has 7 heteroatoms. The Kier molecular flexibility index (Phi) is 5.06. The zero-order chi connectivity index (χ0) is 20.9. The minimum Gasteiger partial charge on any atom is -0.341 e. The van der Waals surface area contributed by atoms with Gasteiger partial charge in [0.15, 0.2) is 9.84 Å². The van der Waals surface area contributed by atoms with Crippen molar-refractivity contribution >= 4 is 15.8 Å². The highest BCUT2D eigenvalue weighted by molar-refractivity contribution is 7.91. The van der Waals surface area contributed by atoms with Crippen LogP contribution >= 0.6 is 0 Å². The maximum absolute atomic E-state index is 13.0. The van der Waals surface area contributed by atoms with Gasteiger partial charge in [-0.25, -0.2) is 18.4 Å². The summed E-state index contributed by atoms with van der Waals surface area (Å²) in [5, 5.41) is -0.363. The van der Waals surface area contributed by atoms with E-state index in [9.17, 15) is 8.42 Å². The Hall–Kier alpha value is -1.99. The molecule has 0 spiro atoms. The Labute approximate surface area is 179 Å². The smallest absolute Gasteiger partial charge is 0.225 e. The molecule has 0 aliphatic carbocycles. The molecular formula is C23H30N4O2S. The van der Waals surface area contributed by atoms with Crippen LogP contribution in [0.25, 0.3) is 0 Å². The molecule has 3 aliphatic heterocycles. The zero-order valence-electron chi connectivity index (χ0n) is 17.8. The molecule has 0 saturated carbocycles. The number of hydrogen-bond acceptors (Lipinski definition) is 6. The highest BCUT2D eigenvalue weighted by Crippen LogP contribution is 2.40. The Balaban J connectivity index is 1.43. The van der Waals surface area contributed by atoms with Crippen LogP contribution in [0.3, 0.4) is 0 Å². The molecule has 30 heavy (non-hydrogen) atoms. The lowest BCUT2D eigenvalue weighted by Gasteiger charge is -2.32. The highest BCUT2D eigenvalue weighted by Gasteiger charge is 2.47. The van der Waals surface area contributed by atoms with Gasteiger partial charge in [0.25, 0.3) is 0 Å². The summed E-state index contributed by atoms with van der Waals surface area (Å²) in [6, 6.07) is 8.46. The third-order valence-electron chi connectivity index (χ3n) is 6.82. The van der Waals surface area contributed by atoms with E-state index in [4.69, 9.17) is 4.98 Å². The van der Waals surface area contributed by atoms with E-state index in [1.165, 1.54) is 17.5 Å². The molecule has 0 amide bonds. The fourth-order valence-electron chi connectivity index (χ4n) is 5.37. The van der Waals surface area contributed by atoms with E-state index in [-0.39, 0.29) is 16.9 Å². The molecular weight excluding hydrogens is 396 g/mol. The van der Waals surface area contributed by atoms with Crippen molar-refractivity contribution in [3.05, 3.63) is 52.8 Å². The van der Waals surface area contributed by atoms with E-state index in [0.717, 1.165) is 49.8 Å². The van der Waals surface area contributed by atoms with Crippen LogP contribution in [0.2, 0.25) is 0 Å². The molecule has 0 N–H and O–H groups in total. The monoisotopic (exact) mass is 426 g/mol. The molecule has 1 aromatic heterocycles. The summed E-state index contributed by atoms with van der Waals surface area (Å²) in [4.78, 5) is 14.1. The van der Waals surface area contributed by atoms with Crippen LogP contribution in [0.1, 0.15) is 48.1 Å². The summed E-state index contributed by atoms with van der Waals surface area (Å²) in [5.74, 6) is 1.42. The van der Waals surface area contributed by atoms with E-state index < -0.39 is 9.84 Å². The lowest BCUT2D eigenvalue weighted by atomic mass is 9.99. The normalized spacial score (nSPS) is 28.2. The number of aryl methyl sites for hydroxylation is 1. The number of anilines is 1. The molecule has 0 bridgehead atoms. The topological polar surface area (TPSA) is 66.4 Å². The second-order valence-electron chi connectivity index (χ2n) is 9.41. The first kappa shape index (κ1) is 19.9. The third kappa shape index (κ3) is 3.73. The van der Waals surface area contributed by atoms with E-state index in [1.54, 1.807) is 6.20 Å². The quantitative estimate of drug-likeness (QED) is 0.752. The number of rotatable bonds is 3. The average Bonchev–Trinajstić information content (AvgIpc) is 3.13. The van der Waals surface area contributed by atoms with Crippen LogP contribution in [0.4, 0.5) is 5.95 Å². The Morgan fingerprint density at radius 3 is 2.87 bits per heavy atom. The van der Waals surface area contributed by atoms with E-state index in [2.05, 4.69) is 52.9 Å². The number of sulfone groups is 1. The number of likely N-dealkylation sites (tertiary alicyclic amines) is 1. The zero-order valence-corrected chi connectivity index (χ0v) is 18.6. The maximum Gasteiger partial charge on any atom is 0.225 e. The second-order valence-corrected chi connectivity index (χ2v) is 11.6. The lowest BCUT2D eigenvalue weighted by molar-refractivity contribution is 0.326. The van der Waals surface area contributed by atoms with Gasteiger partial charge in [-0.2, -0.15) is 0 Å². The first-order chi connectivity index (χ1) is 14.4. The molecule has 0 unspecified atom stereocenters. The van der Waals surface area contributed by atoms with Crippen molar-refractivity contribution in [3.8, 4) is 0 Å². The molecule has 6 nitrogen and oxygen atoms in total. The number of aromatic nitrogens is 2. The predicted molar refractivity (Wildman–Crippen MR) is 118 cm³/mol. The minimum atomic E-state index is -3.19. The SMILES string of the molecule is Cc1cccc(CN2C[C@@H]3c4nc(N5CCC[C@@H](C)C5)ncc4CS(=O)(=O)[C@@H]3C2)c1. The summed E-state index contributed by atoms with van der Waals surface area (Å²) >= 11 is 0. The molecule has 2 saturated heterocycles. The summed E-state index contributed by atoms with van der Waals surface area (Å²) in [6.45, 7) is 8.42. The Morgan fingerprint density at radius 1 is 1.20 bits per heavy atom. The third-order valence-corrected chi connectivity index (χ3v) is 8.94. The van der Waals surface area contributed by atoms with Crippen LogP contribution < -0.4 is 4.90 Å². The number of piperidine rings is 1. The van der Waals surface area contributed by atoms with Gasteiger partial charge in [0.2, 0.25) is 5.95 Å². The van der Waals surface area contributed by atoms with E-state index >= 15 is 0 Å². The number of hydrogen-bond donors (Lipinski definition) is 0. The van der Waals surface area contributed by atoms with Crippen molar-refractivity contribution in [1.29, 1.82) is 0 Å². The number of nitrogens with zero attached hydrogens (tertiary/aromatic N) is 4. The van der Waals surface area contributed by atoms with Gasteiger partial charge in [-0.3, -0.25) is 4.90 Å². The maximum atomic E-state index is 13.0. The molecule has 3 atom stereocenters. The van der Waals surface area contributed by atoms with Gasteiger partial charge in [-0.15, -0.1) is 0 Å². The van der Waals surface area contributed by atoms with Gasteiger partial charge >= 0.3 is 0 Å². The van der Waals surface area contributed by atoms with Gasteiger partial charge in [0, 0.05) is 50.4 Å². The van der Waals surface area contributed by atoms with Crippen molar-refractivity contribution in [2.24, 2.45) is 5.92 Å². The first-order valence-electron chi connectivity index (χ1n) is 11.0. The summed E-state index contributed by atoms with van der Waals surface area (Å²) < 4.78 is 26.0. The predicted octanol–water partition coefficient (Wildman–Crippen LogP) is 2.92. The number of fused-ring (bicyclic) bond motifs is 3. The molecule has 1 aromatic carbocycles. The fourth-order valence-corrected chi connectivity index (χ4v) is 7.39. The van der Waals surface area contributed by atoms with Gasteiger partial charge in [0.1, 0.15) is 0 Å². The minimum absolute atomic E-state index is 0.0625. The van der Waals surface area contributed by atoms with Crippen LogP contribution in [0, 0.1) is 12.8 Å². The highest BCUT2D eigenvalue weighted by atomic mass is 32.2. The Morgan fingerprint density at radius 2 is 2.07 bits per heavy atom. The van der Waals surface area contributed by atoms with Crippen LogP contribution in [0.15, 0.2) is 30.5 Å². The van der Waals surface area contributed by atoms with Crippen LogP contribution in [0.5, 0.6) is 0 Å². The molecule has 2 fully saturated rings. The van der Waals surface area contributed by atoms with Crippen molar-refractivity contribution in [1.82, 2.24) is 14.9 Å². The summed E-state index contributed by atoms with van der Waals surface area (Å²) in [6.07, 6.45) is 4.18. The van der Waals surface area contributed by atoms with Crippen molar-refractivity contribution < 1.29 is 8.42 Å². The number of benzene rings is 1. The molecule has 5 rings (SSSR count). The van der Waals surface area contributed by atoms with Gasteiger partial charge in [-0.1, -0.05) is 36.8 Å². The molecule has 2 aromatic rings. The van der Waals surface area contributed by atoms with Gasteiger partial charge in [-0.05, 0) is 31.2 Å². The van der Waals surface area contributed by atoms with Crippen LogP contribution in [-0.4, -0.2) is 54.7 Å². The molecule has 3 aliphatic rings. The molecule has 4 heterocycles. The van der Waals surface area contributed by atoms with Crippen molar-refractivity contribution in [3.63, 3.8) is 0 Å². The van der Waals surface area contributed by atoms with Gasteiger partial charge < -0.3 is 4.90 Å². The van der Waals surface area contributed by atoms with Crippen molar-refractivity contribution in [2.75, 3.05) is 31.1 Å². The summed E-state index contributed by atoms with van der Waals surface area (Å²) in [5.41, 5.74) is 4.22. The Bertz CT molecular complexity index is 1050. The second kappa shape index (κ2) is 7.61. The van der Waals surface area contributed by atoms with Gasteiger partial charge in [0.05, 0.1) is 16.7 Å². The fraction of sp³-hybridized carbons (Fsp3) is 0.565. The molecule has 0 radical (unpaired) electrons. The van der Waals surface area contributed by atoms with Crippen LogP contribution in [-0.2, 0) is 22.1 Å². The average molecular weight is 427 g/mol. The molecule has 160 valence electrons. The first-order valence-corrected chi connectivity index (χ1v) is 12.7. The summed E-state index contributed by atoms with van der Waals surface area (Å²) in [7, 11) is -3.19.